The highest BCUT2D eigenvalue weighted by Crippen LogP contribution is 2.22. The quantitative estimate of drug-likeness (QED) is 0.725. The van der Waals surface area contributed by atoms with Gasteiger partial charge in [0.15, 0.2) is 0 Å². The molecule has 1 fully saturated rings. The molecule has 2 aromatic rings. The summed E-state index contributed by atoms with van der Waals surface area (Å²) in [6.07, 6.45) is 0.166. The van der Waals surface area contributed by atoms with E-state index in [0.717, 1.165) is 11.1 Å². The van der Waals surface area contributed by atoms with Gasteiger partial charge in [-0.05, 0) is 30.2 Å². The molecule has 1 N–H and O–H groups in total. The molecule has 1 saturated heterocycles. The van der Waals surface area contributed by atoms with Crippen molar-refractivity contribution >= 4 is 17.7 Å². The summed E-state index contributed by atoms with van der Waals surface area (Å²) >= 11 is 0. The van der Waals surface area contributed by atoms with Crippen molar-refractivity contribution in [3.8, 4) is 0 Å². The summed E-state index contributed by atoms with van der Waals surface area (Å²) in [6, 6.07) is 15.5. The minimum Gasteiger partial charge on any atom is -0.350 e. The molecule has 1 atom stereocenters. The van der Waals surface area contributed by atoms with Crippen molar-refractivity contribution in [2.24, 2.45) is 5.92 Å². The van der Waals surface area contributed by atoms with E-state index in [4.69, 9.17) is 0 Å². The van der Waals surface area contributed by atoms with Crippen LogP contribution in [-0.4, -0.2) is 47.2 Å². The molecule has 3 rings (SSSR count). The Morgan fingerprint density at radius 2 is 1.80 bits per heavy atom. The van der Waals surface area contributed by atoms with E-state index in [-0.39, 0.29) is 43.0 Å². The predicted octanol–water partition coefficient (Wildman–Crippen LogP) is 2.34. The van der Waals surface area contributed by atoms with Crippen LogP contribution in [-0.2, 0) is 27.5 Å². The van der Waals surface area contributed by atoms with Crippen molar-refractivity contribution in [1.29, 1.82) is 0 Å². The van der Waals surface area contributed by atoms with Crippen LogP contribution in [0.3, 0.4) is 0 Å². The Hall–Kier alpha value is -3.22. The maximum absolute atomic E-state index is 13.0. The van der Waals surface area contributed by atoms with Gasteiger partial charge < -0.3 is 15.1 Å². The smallest absolute Gasteiger partial charge is 0.239 e. The molecule has 1 heterocycles. The van der Waals surface area contributed by atoms with E-state index in [1.54, 1.807) is 17.0 Å². The summed E-state index contributed by atoms with van der Waals surface area (Å²) in [5, 5.41) is 2.75. The van der Waals surface area contributed by atoms with E-state index in [0.29, 0.717) is 19.6 Å². The molecule has 0 bridgehead atoms. The van der Waals surface area contributed by atoms with Gasteiger partial charge in [0.05, 0.1) is 12.5 Å². The highest BCUT2D eigenvalue weighted by atomic mass is 19.1. The number of rotatable bonds is 8. The SMILES string of the molecule is CCN(CC(=O)NCc1ccc(F)cc1)C(=O)[C@@H]1CC(=O)N(Cc2ccccc2)C1. The maximum Gasteiger partial charge on any atom is 0.239 e. The fourth-order valence-electron chi connectivity index (χ4n) is 3.53. The molecule has 0 spiro atoms. The molecule has 1 aliphatic rings. The van der Waals surface area contributed by atoms with Gasteiger partial charge >= 0.3 is 0 Å². The zero-order chi connectivity index (χ0) is 21.5. The molecular formula is C23H26FN3O3. The highest BCUT2D eigenvalue weighted by Gasteiger charge is 2.36. The third-order valence-corrected chi connectivity index (χ3v) is 5.21. The van der Waals surface area contributed by atoms with Crippen molar-refractivity contribution in [2.75, 3.05) is 19.6 Å². The number of benzene rings is 2. The van der Waals surface area contributed by atoms with Crippen LogP contribution in [0, 0.1) is 11.7 Å². The highest BCUT2D eigenvalue weighted by molar-refractivity contribution is 5.91. The number of carbonyl (C=O) groups is 3. The van der Waals surface area contributed by atoms with Crippen LogP contribution in [0.4, 0.5) is 4.39 Å². The lowest BCUT2D eigenvalue weighted by molar-refractivity contribution is -0.139. The largest absolute Gasteiger partial charge is 0.350 e. The van der Waals surface area contributed by atoms with E-state index in [1.165, 1.54) is 17.0 Å². The Morgan fingerprint density at radius 1 is 1.10 bits per heavy atom. The Kier molecular flexibility index (Phi) is 7.17. The zero-order valence-electron chi connectivity index (χ0n) is 17.0. The first-order chi connectivity index (χ1) is 14.5. The Morgan fingerprint density at radius 3 is 2.47 bits per heavy atom. The average Bonchev–Trinajstić information content (AvgIpc) is 3.12. The van der Waals surface area contributed by atoms with Gasteiger partial charge in [0.25, 0.3) is 0 Å². The summed E-state index contributed by atoms with van der Waals surface area (Å²) < 4.78 is 13.0. The van der Waals surface area contributed by atoms with Crippen LogP contribution in [0.15, 0.2) is 54.6 Å². The Labute approximate surface area is 175 Å². The second-order valence-corrected chi connectivity index (χ2v) is 7.42. The lowest BCUT2D eigenvalue weighted by atomic mass is 10.1. The van der Waals surface area contributed by atoms with Crippen LogP contribution >= 0.6 is 0 Å². The first kappa shape index (κ1) is 21.5. The third kappa shape index (κ3) is 5.65. The number of amides is 3. The summed E-state index contributed by atoms with van der Waals surface area (Å²) in [6.45, 7) is 3.22. The number of likely N-dealkylation sites (N-methyl/N-ethyl adjacent to an activating group) is 1. The van der Waals surface area contributed by atoms with Crippen molar-refractivity contribution in [3.63, 3.8) is 0 Å². The predicted molar refractivity (Wildman–Crippen MR) is 110 cm³/mol. The molecule has 7 heteroatoms. The molecule has 0 saturated carbocycles. The molecule has 30 heavy (non-hydrogen) atoms. The average molecular weight is 411 g/mol. The monoisotopic (exact) mass is 411 g/mol. The summed E-state index contributed by atoms with van der Waals surface area (Å²) in [5.74, 6) is -1.29. The number of likely N-dealkylation sites (tertiary alicyclic amines) is 1. The summed E-state index contributed by atoms with van der Waals surface area (Å²) in [7, 11) is 0. The lowest BCUT2D eigenvalue weighted by Gasteiger charge is -2.24. The molecule has 158 valence electrons. The van der Waals surface area contributed by atoms with E-state index in [9.17, 15) is 18.8 Å². The van der Waals surface area contributed by atoms with Crippen molar-refractivity contribution in [2.45, 2.75) is 26.4 Å². The maximum atomic E-state index is 13.0. The Bertz CT molecular complexity index is 886. The van der Waals surface area contributed by atoms with Gasteiger partial charge in [-0.2, -0.15) is 0 Å². The van der Waals surface area contributed by atoms with E-state index < -0.39 is 5.92 Å². The van der Waals surface area contributed by atoms with Crippen molar-refractivity contribution in [3.05, 3.63) is 71.5 Å². The van der Waals surface area contributed by atoms with E-state index in [1.807, 2.05) is 37.3 Å². The van der Waals surface area contributed by atoms with Gasteiger partial charge in [-0.1, -0.05) is 42.5 Å². The number of nitrogens with zero attached hydrogens (tertiary/aromatic N) is 2. The minimum absolute atomic E-state index is 0.0472. The first-order valence-corrected chi connectivity index (χ1v) is 10.1. The van der Waals surface area contributed by atoms with Crippen molar-refractivity contribution < 1.29 is 18.8 Å². The molecule has 0 unspecified atom stereocenters. The van der Waals surface area contributed by atoms with E-state index >= 15 is 0 Å². The standard InChI is InChI=1S/C23H26FN3O3/c1-2-26(16-21(28)25-13-17-8-10-20(24)11-9-17)23(30)19-12-22(29)27(15-19)14-18-6-4-3-5-7-18/h3-11,19H,2,12-16H2,1H3,(H,25,28)/t19-/m1/s1. The van der Waals surface area contributed by atoms with E-state index in [2.05, 4.69) is 5.32 Å². The summed E-state index contributed by atoms with van der Waals surface area (Å²) in [5.41, 5.74) is 1.79. The number of hydrogen-bond acceptors (Lipinski definition) is 3. The number of hydrogen-bond donors (Lipinski definition) is 1. The van der Waals surface area contributed by atoms with Crippen molar-refractivity contribution in [1.82, 2.24) is 15.1 Å². The van der Waals surface area contributed by atoms with Gasteiger partial charge in [-0.3, -0.25) is 14.4 Å². The van der Waals surface area contributed by atoms with Crippen LogP contribution in [0.2, 0.25) is 0 Å². The fraction of sp³-hybridized carbons (Fsp3) is 0.348. The molecular weight excluding hydrogens is 385 g/mol. The normalized spacial score (nSPS) is 15.9. The van der Waals surface area contributed by atoms with Gasteiger partial charge in [-0.15, -0.1) is 0 Å². The number of nitrogens with one attached hydrogen (secondary N) is 1. The first-order valence-electron chi connectivity index (χ1n) is 10.1. The molecule has 2 aromatic carbocycles. The molecule has 6 nitrogen and oxygen atoms in total. The van der Waals surface area contributed by atoms with Crippen LogP contribution < -0.4 is 5.32 Å². The zero-order valence-corrected chi connectivity index (χ0v) is 17.0. The Balaban J connectivity index is 1.51. The van der Waals surface area contributed by atoms with Gasteiger partial charge in [-0.25, -0.2) is 4.39 Å². The second kappa shape index (κ2) is 10.0. The molecule has 0 aliphatic carbocycles. The van der Waals surface area contributed by atoms with Gasteiger partial charge in [0.1, 0.15) is 5.82 Å². The minimum atomic E-state index is -0.439. The molecule has 0 radical (unpaired) electrons. The van der Waals surface area contributed by atoms with Crippen LogP contribution in [0.1, 0.15) is 24.5 Å². The lowest BCUT2D eigenvalue weighted by Crippen LogP contribution is -2.43. The fourth-order valence-corrected chi connectivity index (χ4v) is 3.53. The topological polar surface area (TPSA) is 69.7 Å². The molecule has 3 amide bonds. The third-order valence-electron chi connectivity index (χ3n) is 5.21. The van der Waals surface area contributed by atoms with Gasteiger partial charge in [0, 0.05) is 32.6 Å². The van der Waals surface area contributed by atoms with Crippen LogP contribution in [0.5, 0.6) is 0 Å². The number of halogens is 1. The number of carbonyl (C=O) groups excluding carboxylic acids is 3. The molecule has 1 aliphatic heterocycles. The second-order valence-electron chi connectivity index (χ2n) is 7.42. The summed E-state index contributed by atoms with van der Waals surface area (Å²) in [4.78, 5) is 40.7. The molecule has 0 aromatic heterocycles. The van der Waals surface area contributed by atoms with Crippen LogP contribution in [0.25, 0.3) is 0 Å². The van der Waals surface area contributed by atoms with Gasteiger partial charge in [0.2, 0.25) is 17.7 Å².